The highest BCUT2D eigenvalue weighted by molar-refractivity contribution is 5.73. The minimum atomic E-state index is -1.34. The van der Waals surface area contributed by atoms with Gasteiger partial charge in [-0.2, -0.15) is 0 Å². The molecule has 0 aliphatic heterocycles. The highest BCUT2D eigenvalue weighted by atomic mass is 16.4. The molecule has 0 saturated heterocycles. The van der Waals surface area contributed by atoms with Crippen LogP contribution in [-0.4, -0.2) is 22.3 Å². The Labute approximate surface area is 89.4 Å². The fraction of sp³-hybridized carbons (Fsp3) is 0.417. The molecular weight excluding hydrogens is 192 g/mol. The standard InChI is InChI=1S/C12H16O3/c1-8(2)10(11(13)12(14)15)9-6-4-3-5-7-9/h3-8,10-11,13H,1-2H3,(H,14,15). The molecule has 0 saturated carbocycles. The summed E-state index contributed by atoms with van der Waals surface area (Å²) >= 11 is 0. The summed E-state index contributed by atoms with van der Waals surface area (Å²) in [7, 11) is 0. The van der Waals surface area contributed by atoms with Crippen LogP contribution in [0.25, 0.3) is 0 Å². The van der Waals surface area contributed by atoms with Crippen LogP contribution >= 0.6 is 0 Å². The van der Waals surface area contributed by atoms with Crippen molar-refractivity contribution in [2.24, 2.45) is 5.92 Å². The number of carboxylic acid groups (broad SMARTS) is 1. The van der Waals surface area contributed by atoms with Crippen molar-refractivity contribution in [3.8, 4) is 0 Å². The highest BCUT2D eigenvalue weighted by Gasteiger charge is 2.29. The lowest BCUT2D eigenvalue weighted by Crippen LogP contribution is -2.30. The summed E-state index contributed by atoms with van der Waals surface area (Å²) in [5, 5.41) is 18.4. The molecule has 1 aromatic carbocycles. The van der Waals surface area contributed by atoms with E-state index in [1.165, 1.54) is 0 Å². The van der Waals surface area contributed by atoms with Crippen molar-refractivity contribution in [1.29, 1.82) is 0 Å². The second kappa shape index (κ2) is 4.94. The molecule has 1 rings (SSSR count). The fourth-order valence-corrected chi connectivity index (χ4v) is 1.76. The van der Waals surface area contributed by atoms with Crippen molar-refractivity contribution in [2.75, 3.05) is 0 Å². The number of aliphatic carboxylic acids is 1. The number of carbonyl (C=O) groups is 1. The summed E-state index contributed by atoms with van der Waals surface area (Å²) in [6.07, 6.45) is -1.34. The van der Waals surface area contributed by atoms with Crippen LogP contribution in [0.3, 0.4) is 0 Å². The Morgan fingerprint density at radius 1 is 1.20 bits per heavy atom. The second-order valence-corrected chi connectivity index (χ2v) is 3.96. The maximum Gasteiger partial charge on any atom is 0.333 e. The average molecular weight is 208 g/mol. The van der Waals surface area contributed by atoms with Crippen molar-refractivity contribution in [2.45, 2.75) is 25.9 Å². The maximum absolute atomic E-state index is 10.8. The van der Waals surface area contributed by atoms with Crippen molar-refractivity contribution in [1.82, 2.24) is 0 Å². The number of rotatable bonds is 4. The van der Waals surface area contributed by atoms with Crippen LogP contribution in [0.1, 0.15) is 25.3 Å². The van der Waals surface area contributed by atoms with E-state index in [-0.39, 0.29) is 11.8 Å². The Morgan fingerprint density at radius 2 is 1.73 bits per heavy atom. The van der Waals surface area contributed by atoms with Crippen LogP contribution in [0.2, 0.25) is 0 Å². The first-order chi connectivity index (χ1) is 7.04. The van der Waals surface area contributed by atoms with Crippen molar-refractivity contribution >= 4 is 5.97 Å². The van der Waals surface area contributed by atoms with E-state index in [4.69, 9.17) is 5.11 Å². The average Bonchev–Trinajstić information content (AvgIpc) is 2.18. The Balaban J connectivity index is 2.99. The third-order valence-electron chi connectivity index (χ3n) is 2.50. The van der Waals surface area contributed by atoms with Gasteiger partial charge in [0, 0.05) is 5.92 Å². The van der Waals surface area contributed by atoms with Gasteiger partial charge in [-0.05, 0) is 11.5 Å². The van der Waals surface area contributed by atoms with Crippen LogP contribution in [0, 0.1) is 5.92 Å². The summed E-state index contributed by atoms with van der Waals surface area (Å²) in [6, 6.07) is 9.25. The predicted molar refractivity (Wildman–Crippen MR) is 57.7 cm³/mol. The molecule has 1 aromatic rings. The highest BCUT2D eigenvalue weighted by Crippen LogP contribution is 2.27. The van der Waals surface area contributed by atoms with Gasteiger partial charge in [0.05, 0.1) is 0 Å². The lowest BCUT2D eigenvalue weighted by Gasteiger charge is -2.23. The zero-order valence-corrected chi connectivity index (χ0v) is 8.92. The van der Waals surface area contributed by atoms with Gasteiger partial charge >= 0.3 is 5.97 Å². The van der Waals surface area contributed by atoms with Gasteiger partial charge in [0.1, 0.15) is 0 Å². The van der Waals surface area contributed by atoms with Crippen LogP contribution in [-0.2, 0) is 4.79 Å². The third kappa shape index (κ3) is 2.80. The lowest BCUT2D eigenvalue weighted by atomic mass is 9.84. The lowest BCUT2D eigenvalue weighted by molar-refractivity contribution is -0.148. The van der Waals surface area contributed by atoms with E-state index >= 15 is 0 Å². The van der Waals surface area contributed by atoms with E-state index in [1.54, 1.807) is 0 Å². The van der Waals surface area contributed by atoms with E-state index in [0.29, 0.717) is 0 Å². The van der Waals surface area contributed by atoms with E-state index in [9.17, 15) is 9.90 Å². The molecule has 2 atom stereocenters. The third-order valence-corrected chi connectivity index (χ3v) is 2.50. The number of benzene rings is 1. The van der Waals surface area contributed by atoms with Crippen LogP contribution in [0.4, 0.5) is 0 Å². The van der Waals surface area contributed by atoms with E-state index in [0.717, 1.165) is 5.56 Å². The molecule has 0 heterocycles. The zero-order chi connectivity index (χ0) is 11.4. The van der Waals surface area contributed by atoms with Gasteiger partial charge in [0.25, 0.3) is 0 Å². The minimum absolute atomic E-state index is 0.0819. The number of carboxylic acids is 1. The van der Waals surface area contributed by atoms with Crippen LogP contribution in [0.5, 0.6) is 0 Å². The first-order valence-electron chi connectivity index (χ1n) is 5.00. The Bertz CT molecular complexity index is 319. The van der Waals surface area contributed by atoms with Crippen LogP contribution < -0.4 is 0 Å². The maximum atomic E-state index is 10.8. The van der Waals surface area contributed by atoms with E-state index in [1.807, 2.05) is 44.2 Å². The molecule has 0 aromatic heterocycles. The van der Waals surface area contributed by atoms with Gasteiger partial charge in [-0.3, -0.25) is 0 Å². The molecule has 3 nitrogen and oxygen atoms in total. The van der Waals surface area contributed by atoms with Gasteiger partial charge in [0.15, 0.2) is 6.10 Å². The van der Waals surface area contributed by atoms with Crippen LogP contribution in [0.15, 0.2) is 30.3 Å². The second-order valence-electron chi connectivity index (χ2n) is 3.96. The fourth-order valence-electron chi connectivity index (χ4n) is 1.76. The molecule has 0 aliphatic rings. The number of aliphatic hydroxyl groups excluding tert-OH is 1. The van der Waals surface area contributed by atoms with Gasteiger partial charge in [-0.15, -0.1) is 0 Å². The molecule has 2 unspecified atom stereocenters. The number of hydrogen-bond acceptors (Lipinski definition) is 2. The van der Waals surface area contributed by atoms with Gasteiger partial charge in [-0.1, -0.05) is 44.2 Å². The largest absolute Gasteiger partial charge is 0.479 e. The number of hydrogen-bond donors (Lipinski definition) is 2. The molecule has 0 bridgehead atoms. The van der Waals surface area contributed by atoms with Gasteiger partial charge in [-0.25, -0.2) is 4.79 Å². The quantitative estimate of drug-likeness (QED) is 0.794. The Morgan fingerprint density at radius 3 is 2.13 bits per heavy atom. The molecule has 15 heavy (non-hydrogen) atoms. The topological polar surface area (TPSA) is 57.5 Å². The monoisotopic (exact) mass is 208 g/mol. The molecule has 82 valence electrons. The summed E-state index contributed by atoms with van der Waals surface area (Å²) in [4.78, 5) is 10.8. The van der Waals surface area contributed by atoms with Gasteiger partial charge in [0.2, 0.25) is 0 Å². The van der Waals surface area contributed by atoms with Crippen molar-refractivity contribution < 1.29 is 15.0 Å². The molecule has 0 radical (unpaired) electrons. The number of aliphatic hydroxyl groups is 1. The molecule has 2 N–H and O–H groups in total. The molecule has 0 amide bonds. The van der Waals surface area contributed by atoms with E-state index < -0.39 is 12.1 Å². The van der Waals surface area contributed by atoms with E-state index in [2.05, 4.69) is 0 Å². The first kappa shape index (κ1) is 11.7. The minimum Gasteiger partial charge on any atom is -0.479 e. The SMILES string of the molecule is CC(C)C(c1ccccc1)C(O)C(=O)O. The molecule has 0 aliphatic carbocycles. The zero-order valence-electron chi connectivity index (χ0n) is 8.92. The van der Waals surface area contributed by atoms with Gasteiger partial charge < -0.3 is 10.2 Å². The normalized spacial score (nSPS) is 14.9. The summed E-state index contributed by atoms with van der Waals surface area (Å²) in [5.41, 5.74) is 0.863. The first-order valence-corrected chi connectivity index (χ1v) is 5.00. The summed E-state index contributed by atoms with van der Waals surface area (Å²) in [6.45, 7) is 3.81. The smallest absolute Gasteiger partial charge is 0.333 e. The summed E-state index contributed by atoms with van der Waals surface area (Å²) in [5.74, 6) is -1.44. The predicted octanol–water partition coefficient (Wildman–Crippen LogP) is 1.87. The van der Waals surface area contributed by atoms with Crippen molar-refractivity contribution in [3.05, 3.63) is 35.9 Å². The molecular formula is C12H16O3. The molecule has 0 fully saturated rings. The molecule has 0 spiro atoms. The summed E-state index contributed by atoms with van der Waals surface area (Å²) < 4.78 is 0. The molecule has 3 heteroatoms. The Kier molecular flexibility index (Phi) is 3.86. The Hall–Kier alpha value is -1.35. The van der Waals surface area contributed by atoms with Crippen molar-refractivity contribution in [3.63, 3.8) is 0 Å².